The summed E-state index contributed by atoms with van der Waals surface area (Å²) in [6, 6.07) is 30.2. The summed E-state index contributed by atoms with van der Waals surface area (Å²) in [5.74, 6) is 0. The Labute approximate surface area is 240 Å². The van der Waals surface area contributed by atoms with Crippen LogP contribution in [0, 0.1) is 0 Å². The van der Waals surface area contributed by atoms with Crippen LogP contribution in [0.2, 0.25) is 0 Å². The molecule has 0 atom stereocenters. The fraction of sp³-hybridized carbons (Fsp3) is 0.222. The Balaban J connectivity index is 1.37. The average molecular weight is 537 g/mol. The molecule has 0 saturated carbocycles. The Morgan fingerprint density at radius 3 is 2.27 bits per heavy atom. The van der Waals surface area contributed by atoms with Gasteiger partial charge in [-0.15, -0.1) is 0 Å². The molecule has 6 aromatic rings. The SMILES string of the molecule is CC1(C)OB(c2cc(-c3ccc4oc5ccccc5c4c3)cc(-n3c4c(c5ccccc53)CCC=C4)c2)OC1(C)C. The largest absolute Gasteiger partial charge is 0.494 e. The van der Waals surface area contributed by atoms with Gasteiger partial charge in [0.2, 0.25) is 0 Å². The third kappa shape index (κ3) is 3.76. The molecule has 5 heteroatoms. The normalized spacial score (nSPS) is 17.6. The Morgan fingerprint density at radius 2 is 1.44 bits per heavy atom. The van der Waals surface area contributed by atoms with Gasteiger partial charge in [0.15, 0.2) is 0 Å². The van der Waals surface area contributed by atoms with Gasteiger partial charge < -0.3 is 18.3 Å². The minimum atomic E-state index is -0.467. The monoisotopic (exact) mass is 537 g/mol. The topological polar surface area (TPSA) is 36.5 Å². The summed E-state index contributed by atoms with van der Waals surface area (Å²) >= 11 is 0. The number of fused-ring (bicyclic) bond motifs is 6. The molecule has 41 heavy (non-hydrogen) atoms. The van der Waals surface area contributed by atoms with Crippen molar-refractivity contribution in [1.82, 2.24) is 4.57 Å². The van der Waals surface area contributed by atoms with Gasteiger partial charge in [-0.1, -0.05) is 54.6 Å². The van der Waals surface area contributed by atoms with Crippen molar-refractivity contribution in [3.8, 4) is 16.8 Å². The van der Waals surface area contributed by atoms with E-state index in [1.807, 2.05) is 12.1 Å². The van der Waals surface area contributed by atoms with Crippen molar-refractivity contribution in [2.24, 2.45) is 0 Å². The first-order chi connectivity index (χ1) is 19.8. The number of allylic oxidation sites excluding steroid dienone is 1. The Bertz CT molecular complexity index is 2010. The number of benzene rings is 4. The molecule has 2 aliphatic rings. The summed E-state index contributed by atoms with van der Waals surface area (Å²) in [5.41, 5.74) is 9.20. The van der Waals surface area contributed by atoms with Gasteiger partial charge in [-0.3, -0.25) is 0 Å². The quantitative estimate of drug-likeness (QED) is 0.213. The highest BCUT2D eigenvalue weighted by Gasteiger charge is 2.51. The van der Waals surface area contributed by atoms with E-state index in [1.54, 1.807) is 0 Å². The molecule has 3 heterocycles. The molecule has 1 aliphatic heterocycles. The van der Waals surface area contributed by atoms with Crippen molar-refractivity contribution in [2.45, 2.75) is 51.7 Å². The number of hydrogen-bond donors (Lipinski definition) is 0. The summed E-state index contributed by atoms with van der Waals surface area (Å²) in [6.45, 7) is 8.43. The van der Waals surface area contributed by atoms with Gasteiger partial charge in [0.25, 0.3) is 0 Å². The van der Waals surface area contributed by atoms with Crippen molar-refractivity contribution in [3.63, 3.8) is 0 Å². The first-order valence-electron chi connectivity index (χ1n) is 14.5. The number of aryl methyl sites for hydroxylation is 1. The molecular formula is C36H32BNO3. The van der Waals surface area contributed by atoms with Crippen LogP contribution in [-0.2, 0) is 15.7 Å². The number of rotatable bonds is 3. The van der Waals surface area contributed by atoms with Crippen LogP contribution in [0.3, 0.4) is 0 Å². The molecule has 4 aromatic carbocycles. The molecule has 0 spiro atoms. The number of nitrogens with zero attached hydrogens (tertiary/aromatic N) is 1. The van der Waals surface area contributed by atoms with Crippen molar-refractivity contribution >= 4 is 51.5 Å². The van der Waals surface area contributed by atoms with E-state index in [-0.39, 0.29) is 0 Å². The van der Waals surface area contributed by atoms with Crippen LogP contribution in [0.1, 0.15) is 45.4 Å². The molecule has 0 unspecified atom stereocenters. The minimum absolute atomic E-state index is 0.426. The van der Waals surface area contributed by atoms with Gasteiger partial charge in [0.1, 0.15) is 11.2 Å². The smallest absolute Gasteiger partial charge is 0.456 e. The highest BCUT2D eigenvalue weighted by Crippen LogP contribution is 2.39. The lowest BCUT2D eigenvalue weighted by molar-refractivity contribution is 0.00578. The van der Waals surface area contributed by atoms with Crippen molar-refractivity contribution < 1.29 is 13.7 Å². The van der Waals surface area contributed by atoms with E-state index < -0.39 is 18.3 Å². The van der Waals surface area contributed by atoms with E-state index in [2.05, 4.69) is 117 Å². The lowest BCUT2D eigenvalue weighted by Crippen LogP contribution is -2.41. The van der Waals surface area contributed by atoms with E-state index in [4.69, 9.17) is 13.7 Å². The summed E-state index contributed by atoms with van der Waals surface area (Å²) in [6.07, 6.45) is 6.69. The maximum absolute atomic E-state index is 6.57. The number of furan rings is 1. The predicted octanol–water partition coefficient (Wildman–Crippen LogP) is 8.46. The van der Waals surface area contributed by atoms with Crippen LogP contribution < -0.4 is 5.46 Å². The minimum Gasteiger partial charge on any atom is -0.456 e. The molecule has 4 nitrogen and oxygen atoms in total. The van der Waals surface area contributed by atoms with Gasteiger partial charge in [-0.2, -0.15) is 0 Å². The van der Waals surface area contributed by atoms with Gasteiger partial charge in [0, 0.05) is 27.5 Å². The van der Waals surface area contributed by atoms with Crippen LogP contribution in [0.15, 0.2) is 95.4 Å². The summed E-state index contributed by atoms with van der Waals surface area (Å²) < 4.78 is 21.7. The van der Waals surface area contributed by atoms with E-state index in [0.29, 0.717) is 0 Å². The van der Waals surface area contributed by atoms with Crippen LogP contribution in [0.5, 0.6) is 0 Å². The highest BCUT2D eigenvalue weighted by molar-refractivity contribution is 6.62. The first-order valence-corrected chi connectivity index (χ1v) is 14.5. The van der Waals surface area contributed by atoms with Crippen molar-refractivity contribution in [1.29, 1.82) is 0 Å². The molecule has 1 aliphatic carbocycles. The second-order valence-corrected chi connectivity index (χ2v) is 12.4. The van der Waals surface area contributed by atoms with Crippen LogP contribution in [0.25, 0.3) is 55.7 Å². The van der Waals surface area contributed by atoms with Gasteiger partial charge in [0.05, 0.1) is 16.7 Å². The third-order valence-corrected chi connectivity index (χ3v) is 9.29. The van der Waals surface area contributed by atoms with Gasteiger partial charge in [-0.05, 0) is 105 Å². The molecular weight excluding hydrogens is 505 g/mol. The Kier molecular flexibility index (Phi) is 5.26. The van der Waals surface area contributed by atoms with Gasteiger partial charge in [-0.25, -0.2) is 0 Å². The summed E-state index contributed by atoms with van der Waals surface area (Å²) in [5, 5.41) is 3.57. The Hall–Kier alpha value is -4.06. The maximum Gasteiger partial charge on any atom is 0.494 e. The number of hydrogen-bond acceptors (Lipinski definition) is 3. The fourth-order valence-corrected chi connectivity index (χ4v) is 6.42. The fourth-order valence-electron chi connectivity index (χ4n) is 6.42. The standard InChI is InChI=1S/C36H32BNO3/c1-35(2)36(3,4)41-37(40-35)25-19-24(23-17-18-34-30(21-23)29-13-7-10-16-33(29)39-34)20-26(22-25)38-31-14-8-5-11-27(31)28-12-6-9-15-32(28)38/h5,7-11,13-22H,6,12H2,1-4H3. The molecule has 8 rings (SSSR count). The molecule has 0 N–H and O–H groups in total. The zero-order chi connectivity index (χ0) is 27.9. The zero-order valence-corrected chi connectivity index (χ0v) is 23.9. The molecule has 2 aromatic heterocycles. The van der Waals surface area contributed by atoms with Crippen molar-refractivity contribution in [3.05, 3.63) is 102 Å². The maximum atomic E-state index is 6.57. The number of para-hydroxylation sites is 2. The zero-order valence-electron chi connectivity index (χ0n) is 23.9. The van der Waals surface area contributed by atoms with Crippen molar-refractivity contribution in [2.75, 3.05) is 0 Å². The lowest BCUT2D eigenvalue weighted by Gasteiger charge is -2.32. The number of aromatic nitrogens is 1. The molecule has 0 radical (unpaired) electrons. The highest BCUT2D eigenvalue weighted by atomic mass is 16.7. The van der Waals surface area contributed by atoms with E-state index in [0.717, 1.165) is 57.1 Å². The first kappa shape index (κ1) is 24.7. The summed E-state index contributed by atoms with van der Waals surface area (Å²) in [7, 11) is -0.467. The molecule has 0 amide bonds. The Morgan fingerprint density at radius 1 is 0.707 bits per heavy atom. The molecule has 0 bridgehead atoms. The van der Waals surface area contributed by atoms with E-state index in [1.165, 1.54) is 22.2 Å². The average Bonchev–Trinajstić information content (AvgIpc) is 3.58. The second-order valence-electron chi connectivity index (χ2n) is 12.4. The van der Waals surface area contributed by atoms with E-state index >= 15 is 0 Å². The molecule has 202 valence electrons. The second kappa shape index (κ2) is 8.72. The van der Waals surface area contributed by atoms with Gasteiger partial charge >= 0.3 is 7.12 Å². The van der Waals surface area contributed by atoms with Crippen LogP contribution in [-0.4, -0.2) is 22.9 Å². The summed E-state index contributed by atoms with van der Waals surface area (Å²) in [4.78, 5) is 0. The predicted molar refractivity (Wildman–Crippen MR) is 169 cm³/mol. The third-order valence-electron chi connectivity index (χ3n) is 9.29. The molecule has 1 saturated heterocycles. The van der Waals surface area contributed by atoms with Crippen LogP contribution in [0.4, 0.5) is 0 Å². The van der Waals surface area contributed by atoms with Crippen LogP contribution >= 0.6 is 0 Å². The molecule has 1 fully saturated rings. The lowest BCUT2D eigenvalue weighted by atomic mass is 9.77. The van der Waals surface area contributed by atoms with E-state index in [9.17, 15) is 0 Å².